The van der Waals surface area contributed by atoms with Crippen molar-refractivity contribution >= 4 is 27.3 Å². The van der Waals surface area contributed by atoms with Crippen LogP contribution in [0.5, 0.6) is 0 Å². The lowest BCUT2D eigenvalue weighted by atomic mass is 10.2. The number of rotatable bonds is 4. The Morgan fingerprint density at radius 2 is 2.05 bits per heavy atom. The third-order valence-corrected chi connectivity index (χ3v) is 3.91. The van der Waals surface area contributed by atoms with Crippen LogP contribution in [0.1, 0.15) is 6.42 Å². The number of piperazine rings is 1. The maximum absolute atomic E-state index is 11.1. The maximum atomic E-state index is 11.1. The molecule has 0 saturated carbocycles. The number of nitro benzene ring substituents is 1. The molecular formula is C14H16BrN3O2. The second-order valence-corrected chi connectivity index (χ2v) is 5.59. The van der Waals surface area contributed by atoms with Gasteiger partial charge in [-0.15, -0.1) is 12.3 Å². The predicted molar refractivity (Wildman–Crippen MR) is 82.9 cm³/mol. The smallest absolute Gasteiger partial charge is 0.292 e. The summed E-state index contributed by atoms with van der Waals surface area (Å²) >= 11 is 3.38. The molecule has 6 heteroatoms. The molecule has 0 bridgehead atoms. The summed E-state index contributed by atoms with van der Waals surface area (Å²) in [5.41, 5.74) is 0.839. The minimum atomic E-state index is -0.327. The van der Waals surface area contributed by atoms with Crippen molar-refractivity contribution in [2.75, 3.05) is 37.6 Å². The van der Waals surface area contributed by atoms with E-state index in [-0.39, 0.29) is 10.6 Å². The molecule has 0 aliphatic carbocycles. The van der Waals surface area contributed by atoms with Gasteiger partial charge in [-0.3, -0.25) is 15.0 Å². The van der Waals surface area contributed by atoms with E-state index < -0.39 is 0 Å². The minimum absolute atomic E-state index is 0.158. The molecule has 1 aliphatic heterocycles. The van der Waals surface area contributed by atoms with Gasteiger partial charge in [0.05, 0.1) is 4.92 Å². The number of anilines is 1. The van der Waals surface area contributed by atoms with Crippen molar-refractivity contribution in [2.24, 2.45) is 0 Å². The van der Waals surface area contributed by atoms with Gasteiger partial charge in [-0.2, -0.15) is 0 Å². The highest BCUT2D eigenvalue weighted by Gasteiger charge is 2.23. The average molecular weight is 338 g/mol. The molecular weight excluding hydrogens is 322 g/mol. The van der Waals surface area contributed by atoms with E-state index in [1.165, 1.54) is 0 Å². The Morgan fingerprint density at radius 3 is 2.65 bits per heavy atom. The number of benzene rings is 1. The van der Waals surface area contributed by atoms with Crippen LogP contribution in [0.4, 0.5) is 11.4 Å². The van der Waals surface area contributed by atoms with Crippen LogP contribution in [0.25, 0.3) is 0 Å². The van der Waals surface area contributed by atoms with Crippen LogP contribution in [0.2, 0.25) is 0 Å². The molecule has 106 valence electrons. The van der Waals surface area contributed by atoms with Crippen LogP contribution < -0.4 is 4.90 Å². The van der Waals surface area contributed by atoms with Gasteiger partial charge in [-0.05, 0) is 12.1 Å². The second-order valence-electron chi connectivity index (χ2n) is 4.67. The van der Waals surface area contributed by atoms with Crippen molar-refractivity contribution in [3.05, 3.63) is 32.8 Å². The number of nitro groups is 1. The Balaban J connectivity index is 2.09. The van der Waals surface area contributed by atoms with E-state index in [1.54, 1.807) is 12.1 Å². The number of halogens is 1. The third-order valence-electron chi connectivity index (χ3n) is 3.42. The molecule has 1 aliphatic rings. The molecule has 0 spiro atoms. The van der Waals surface area contributed by atoms with Crippen molar-refractivity contribution in [1.82, 2.24) is 4.90 Å². The molecule has 1 aromatic carbocycles. The van der Waals surface area contributed by atoms with E-state index in [2.05, 4.69) is 31.7 Å². The van der Waals surface area contributed by atoms with Gasteiger partial charge in [0.25, 0.3) is 5.69 Å². The van der Waals surface area contributed by atoms with Gasteiger partial charge < -0.3 is 4.90 Å². The Morgan fingerprint density at radius 1 is 1.35 bits per heavy atom. The predicted octanol–water partition coefficient (Wildman–Crippen LogP) is 2.50. The summed E-state index contributed by atoms with van der Waals surface area (Å²) in [6.45, 7) is 4.21. The highest BCUT2D eigenvalue weighted by Crippen LogP contribution is 2.31. The second kappa shape index (κ2) is 6.73. The molecule has 1 saturated heterocycles. The standard InChI is InChI=1S/C14H16BrN3O2/c1-2-3-6-16-7-9-17(10-8-16)14-11-12(15)4-5-13(14)18(19)20/h1,4-5,11H,3,6-10H2. The van der Waals surface area contributed by atoms with Gasteiger partial charge >= 0.3 is 0 Å². The fourth-order valence-corrected chi connectivity index (χ4v) is 2.69. The van der Waals surface area contributed by atoms with Crippen LogP contribution in [0, 0.1) is 22.5 Å². The van der Waals surface area contributed by atoms with Crippen LogP contribution in [0.15, 0.2) is 22.7 Å². The molecule has 0 radical (unpaired) electrons. The largest absolute Gasteiger partial charge is 0.363 e. The fourth-order valence-electron chi connectivity index (χ4n) is 2.34. The molecule has 0 atom stereocenters. The summed E-state index contributed by atoms with van der Waals surface area (Å²) in [6.07, 6.45) is 6.01. The van der Waals surface area contributed by atoms with E-state index in [4.69, 9.17) is 6.42 Å². The molecule has 20 heavy (non-hydrogen) atoms. The summed E-state index contributed by atoms with van der Waals surface area (Å²) in [5.74, 6) is 2.64. The monoisotopic (exact) mass is 337 g/mol. The zero-order valence-electron chi connectivity index (χ0n) is 11.1. The summed E-state index contributed by atoms with van der Waals surface area (Å²) in [7, 11) is 0. The minimum Gasteiger partial charge on any atom is -0.363 e. The molecule has 5 nitrogen and oxygen atoms in total. The SMILES string of the molecule is C#CCCN1CCN(c2cc(Br)ccc2[N+](=O)[O-])CC1. The Kier molecular flexibility index (Phi) is 4.99. The zero-order valence-corrected chi connectivity index (χ0v) is 12.7. The number of hydrogen-bond donors (Lipinski definition) is 0. The van der Waals surface area contributed by atoms with E-state index >= 15 is 0 Å². The molecule has 0 unspecified atom stereocenters. The normalized spacial score (nSPS) is 15.9. The number of terminal acetylenes is 1. The van der Waals surface area contributed by atoms with Crippen molar-refractivity contribution in [2.45, 2.75) is 6.42 Å². The number of hydrogen-bond acceptors (Lipinski definition) is 4. The third kappa shape index (κ3) is 3.50. The van der Waals surface area contributed by atoms with Gasteiger partial charge in [0.15, 0.2) is 0 Å². The lowest BCUT2D eigenvalue weighted by Crippen LogP contribution is -2.46. The van der Waals surface area contributed by atoms with Gasteiger partial charge in [-0.25, -0.2) is 0 Å². The van der Waals surface area contributed by atoms with E-state index in [9.17, 15) is 10.1 Å². The van der Waals surface area contributed by atoms with Crippen LogP contribution >= 0.6 is 15.9 Å². The van der Waals surface area contributed by atoms with Gasteiger partial charge in [-0.1, -0.05) is 15.9 Å². The first-order valence-electron chi connectivity index (χ1n) is 6.46. The fraction of sp³-hybridized carbons (Fsp3) is 0.429. The summed E-state index contributed by atoms with van der Waals surface area (Å²) < 4.78 is 0.855. The quantitative estimate of drug-likeness (QED) is 0.481. The van der Waals surface area contributed by atoms with Gasteiger partial charge in [0.2, 0.25) is 0 Å². The summed E-state index contributed by atoms with van der Waals surface area (Å²) in [6, 6.07) is 5.06. The molecule has 1 fully saturated rings. The highest BCUT2D eigenvalue weighted by molar-refractivity contribution is 9.10. The molecule has 0 N–H and O–H groups in total. The van der Waals surface area contributed by atoms with Crippen molar-refractivity contribution < 1.29 is 4.92 Å². The maximum Gasteiger partial charge on any atom is 0.292 e. The molecule has 1 aromatic rings. The Hall–Kier alpha value is -1.58. The first-order chi connectivity index (χ1) is 9.61. The lowest BCUT2D eigenvalue weighted by Gasteiger charge is -2.35. The Bertz CT molecular complexity index is 534. The first-order valence-corrected chi connectivity index (χ1v) is 7.26. The highest BCUT2D eigenvalue weighted by atomic mass is 79.9. The topological polar surface area (TPSA) is 49.6 Å². The first kappa shape index (κ1) is 14.8. The Labute approximate surface area is 126 Å². The van der Waals surface area contributed by atoms with Gasteiger partial charge in [0, 0.05) is 49.7 Å². The molecule has 0 amide bonds. The van der Waals surface area contributed by atoms with E-state index in [1.807, 2.05) is 6.07 Å². The molecule has 0 aromatic heterocycles. The molecule has 2 rings (SSSR count). The van der Waals surface area contributed by atoms with E-state index in [0.717, 1.165) is 43.6 Å². The number of nitrogens with zero attached hydrogens (tertiary/aromatic N) is 3. The zero-order chi connectivity index (χ0) is 14.5. The van der Waals surface area contributed by atoms with Gasteiger partial charge in [0.1, 0.15) is 5.69 Å². The van der Waals surface area contributed by atoms with Crippen molar-refractivity contribution in [3.8, 4) is 12.3 Å². The summed E-state index contributed by atoms with van der Waals surface area (Å²) in [5, 5.41) is 11.1. The lowest BCUT2D eigenvalue weighted by molar-refractivity contribution is -0.384. The van der Waals surface area contributed by atoms with Crippen LogP contribution in [-0.4, -0.2) is 42.5 Å². The molecule has 1 heterocycles. The average Bonchev–Trinajstić information content (AvgIpc) is 2.45. The van der Waals surface area contributed by atoms with Crippen molar-refractivity contribution in [1.29, 1.82) is 0 Å². The summed E-state index contributed by atoms with van der Waals surface area (Å²) in [4.78, 5) is 15.1. The van der Waals surface area contributed by atoms with Crippen LogP contribution in [0.3, 0.4) is 0 Å². The van der Waals surface area contributed by atoms with Crippen LogP contribution in [-0.2, 0) is 0 Å². The van der Waals surface area contributed by atoms with E-state index in [0.29, 0.717) is 5.69 Å². The van der Waals surface area contributed by atoms with Crippen molar-refractivity contribution in [3.63, 3.8) is 0 Å².